The van der Waals surface area contributed by atoms with Gasteiger partial charge in [0.25, 0.3) is 0 Å². The highest BCUT2D eigenvalue weighted by atomic mass is 19.1. The Morgan fingerprint density at radius 3 is 2.44 bits per heavy atom. The van der Waals surface area contributed by atoms with E-state index in [-0.39, 0.29) is 23.9 Å². The van der Waals surface area contributed by atoms with Crippen molar-refractivity contribution in [2.24, 2.45) is 5.92 Å². The molecule has 2 aromatic carbocycles. The molecule has 162 valence electrons. The number of hydrogen-bond acceptors (Lipinski definition) is 4. The van der Waals surface area contributed by atoms with Crippen LogP contribution < -0.4 is 0 Å². The van der Waals surface area contributed by atoms with Crippen LogP contribution >= 0.6 is 0 Å². The summed E-state index contributed by atoms with van der Waals surface area (Å²) in [5, 5.41) is 9.94. The molecule has 4 heterocycles. The average molecular weight is 430 g/mol. The fourth-order valence-corrected chi connectivity index (χ4v) is 4.87. The minimum Gasteiger partial charge on any atom is -0.388 e. The van der Waals surface area contributed by atoms with Crippen LogP contribution in [0.4, 0.5) is 4.39 Å². The molecule has 0 aliphatic carbocycles. The zero-order chi connectivity index (χ0) is 21.7. The molecule has 32 heavy (non-hydrogen) atoms. The highest BCUT2D eigenvalue weighted by Gasteiger charge is 2.46. The zero-order valence-electron chi connectivity index (χ0n) is 17.4. The van der Waals surface area contributed by atoms with Gasteiger partial charge in [-0.1, -0.05) is 54.6 Å². The predicted molar refractivity (Wildman–Crippen MR) is 120 cm³/mol. The van der Waals surface area contributed by atoms with Crippen LogP contribution in [-0.4, -0.2) is 46.6 Å². The van der Waals surface area contributed by atoms with Gasteiger partial charge in [-0.15, -0.1) is 0 Å². The predicted octanol–water partition coefficient (Wildman–Crippen LogP) is 4.35. The molecule has 2 aliphatic rings. The van der Waals surface area contributed by atoms with Crippen LogP contribution in [0.1, 0.15) is 5.69 Å². The molecule has 0 amide bonds. The van der Waals surface area contributed by atoms with Gasteiger partial charge in [-0.25, -0.2) is 9.37 Å². The quantitative estimate of drug-likeness (QED) is 0.505. The van der Waals surface area contributed by atoms with Crippen molar-refractivity contribution in [1.29, 1.82) is 0 Å². The van der Waals surface area contributed by atoms with Crippen LogP contribution in [0.25, 0.3) is 33.4 Å². The third-order valence-electron chi connectivity index (χ3n) is 6.49. The summed E-state index contributed by atoms with van der Waals surface area (Å²) in [6.45, 7) is 0.861. The molecule has 0 spiro atoms. The summed E-state index contributed by atoms with van der Waals surface area (Å²) in [6.07, 6.45) is -0.197. The fourth-order valence-electron chi connectivity index (χ4n) is 4.87. The molecule has 6 rings (SSSR count). The van der Waals surface area contributed by atoms with Crippen LogP contribution in [0.3, 0.4) is 0 Å². The molecule has 4 aromatic rings. The van der Waals surface area contributed by atoms with Crippen molar-refractivity contribution in [2.75, 3.05) is 13.2 Å². The smallest absolute Gasteiger partial charge is 0.151 e. The maximum atomic E-state index is 14.9. The summed E-state index contributed by atoms with van der Waals surface area (Å²) >= 11 is 0. The molecule has 2 N–H and O–H groups in total. The van der Waals surface area contributed by atoms with Gasteiger partial charge in [-0.2, -0.15) is 0 Å². The number of benzene rings is 2. The second-order valence-electron chi connectivity index (χ2n) is 8.62. The van der Waals surface area contributed by atoms with Gasteiger partial charge in [0.05, 0.1) is 30.4 Å². The molecular weight excluding hydrogens is 407 g/mol. The molecule has 5 nitrogen and oxygen atoms in total. The summed E-state index contributed by atoms with van der Waals surface area (Å²) in [5.41, 5.74) is 5.65. The van der Waals surface area contributed by atoms with Gasteiger partial charge >= 0.3 is 0 Å². The van der Waals surface area contributed by atoms with E-state index >= 15 is 0 Å². The molecule has 2 saturated heterocycles. The number of aliphatic hydroxyl groups is 1. The normalized spacial score (nSPS) is 24.8. The van der Waals surface area contributed by atoms with Crippen LogP contribution in [-0.2, 0) is 15.9 Å². The van der Waals surface area contributed by atoms with Gasteiger partial charge in [-0.05, 0) is 23.6 Å². The van der Waals surface area contributed by atoms with Gasteiger partial charge in [0, 0.05) is 23.2 Å². The molecule has 2 aromatic heterocycles. The van der Waals surface area contributed by atoms with E-state index in [1.54, 1.807) is 0 Å². The van der Waals surface area contributed by atoms with E-state index in [1.165, 1.54) is 6.07 Å². The maximum absolute atomic E-state index is 14.9. The summed E-state index contributed by atoms with van der Waals surface area (Å²) < 4.78 is 26.4. The molecular formula is C26H23FN2O3. The Morgan fingerprint density at radius 2 is 1.62 bits per heavy atom. The van der Waals surface area contributed by atoms with Crippen LogP contribution in [0, 0.1) is 11.7 Å². The van der Waals surface area contributed by atoms with Crippen molar-refractivity contribution >= 4 is 11.0 Å². The standard InChI is InChI=1S/C26H23FN2O3/c27-20-12-22-21(11-19(28-22)10-18-13-31-26-23(30)14-32-25(18)26)29-24(20)17-8-6-16(7-9-17)15-4-2-1-3-5-15/h1-9,11-12,18,23,25-26,28,30H,10,13-14H2/t18?,23?,25-,26-/m1/s1. The van der Waals surface area contributed by atoms with E-state index < -0.39 is 6.10 Å². The second-order valence-corrected chi connectivity index (χ2v) is 8.62. The highest BCUT2D eigenvalue weighted by molar-refractivity contribution is 5.80. The number of ether oxygens (including phenoxy) is 2. The first-order valence-electron chi connectivity index (χ1n) is 10.9. The molecule has 6 heteroatoms. The highest BCUT2D eigenvalue weighted by Crippen LogP contribution is 2.34. The van der Waals surface area contributed by atoms with Gasteiger partial charge < -0.3 is 19.6 Å². The lowest BCUT2D eigenvalue weighted by molar-refractivity contribution is 0.0169. The Hall–Kier alpha value is -3.06. The number of rotatable bonds is 4. The number of aromatic nitrogens is 2. The number of aromatic amines is 1. The molecule has 2 fully saturated rings. The Morgan fingerprint density at radius 1 is 0.906 bits per heavy atom. The lowest BCUT2D eigenvalue weighted by Crippen LogP contribution is -2.29. The largest absolute Gasteiger partial charge is 0.388 e. The minimum atomic E-state index is -0.556. The number of H-pyrrole nitrogens is 1. The van der Waals surface area contributed by atoms with Crippen LogP contribution in [0.5, 0.6) is 0 Å². The van der Waals surface area contributed by atoms with Crippen molar-refractivity contribution in [1.82, 2.24) is 9.97 Å². The molecule has 0 saturated carbocycles. The third kappa shape index (κ3) is 3.41. The Kier molecular flexibility index (Phi) is 4.79. The molecule has 0 radical (unpaired) electrons. The Balaban J connectivity index is 1.26. The number of nitrogens with zero attached hydrogens (tertiary/aromatic N) is 1. The topological polar surface area (TPSA) is 67.4 Å². The zero-order valence-corrected chi connectivity index (χ0v) is 17.4. The molecule has 0 bridgehead atoms. The van der Waals surface area contributed by atoms with Gasteiger partial charge in [0.15, 0.2) is 5.82 Å². The molecule has 2 aliphatic heterocycles. The monoisotopic (exact) mass is 430 g/mol. The maximum Gasteiger partial charge on any atom is 0.151 e. The minimum absolute atomic E-state index is 0.0974. The first-order valence-corrected chi connectivity index (χ1v) is 10.9. The lowest BCUT2D eigenvalue weighted by Gasteiger charge is -2.14. The number of hydrogen-bond donors (Lipinski definition) is 2. The van der Waals surface area contributed by atoms with Crippen molar-refractivity contribution in [2.45, 2.75) is 24.7 Å². The van der Waals surface area contributed by atoms with E-state index in [2.05, 4.69) is 22.1 Å². The van der Waals surface area contributed by atoms with Crippen molar-refractivity contribution in [3.63, 3.8) is 0 Å². The van der Waals surface area contributed by atoms with Crippen molar-refractivity contribution in [3.8, 4) is 22.4 Å². The van der Waals surface area contributed by atoms with Crippen LogP contribution in [0.15, 0.2) is 66.7 Å². The van der Waals surface area contributed by atoms with E-state index in [1.807, 2.05) is 48.5 Å². The SMILES string of the molecule is OC1CO[C@@H]2C(Cc3cc4nc(-c5ccc(-c6ccccc6)cc5)c(F)cc4[nH]3)CO[C@H]12. The number of pyridine rings is 1. The first-order chi connectivity index (χ1) is 15.7. The van der Waals surface area contributed by atoms with Crippen molar-refractivity contribution in [3.05, 3.63) is 78.2 Å². The van der Waals surface area contributed by atoms with Gasteiger partial charge in [-0.3, -0.25) is 0 Å². The summed E-state index contributed by atoms with van der Waals surface area (Å²) in [4.78, 5) is 7.90. The summed E-state index contributed by atoms with van der Waals surface area (Å²) in [7, 11) is 0. The molecule has 2 unspecified atom stereocenters. The lowest BCUT2D eigenvalue weighted by atomic mass is 9.96. The van der Waals surface area contributed by atoms with E-state index in [0.29, 0.717) is 30.8 Å². The summed E-state index contributed by atoms with van der Waals surface area (Å²) in [5.74, 6) is -0.204. The van der Waals surface area contributed by atoms with Crippen LogP contribution in [0.2, 0.25) is 0 Å². The third-order valence-corrected chi connectivity index (χ3v) is 6.49. The number of nitrogens with one attached hydrogen (secondary N) is 1. The first kappa shape index (κ1) is 19.6. The number of aliphatic hydroxyl groups excluding tert-OH is 1. The Labute approximate surface area is 184 Å². The molecule has 4 atom stereocenters. The van der Waals surface area contributed by atoms with E-state index in [9.17, 15) is 9.50 Å². The van der Waals surface area contributed by atoms with Crippen molar-refractivity contribution < 1.29 is 19.0 Å². The number of halogens is 1. The average Bonchev–Trinajstić information content (AvgIpc) is 3.51. The van der Waals surface area contributed by atoms with Gasteiger partial charge in [0.1, 0.15) is 17.9 Å². The van der Waals surface area contributed by atoms with E-state index in [4.69, 9.17) is 9.47 Å². The Bertz CT molecular complexity index is 1260. The van der Waals surface area contributed by atoms with Gasteiger partial charge in [0.2, 0.25) is 0 Å². The van der Waals surface area contributed by atoms with E-state index in [0.717, 1.165) is 27.9 Å². The number of fused-ring (bicyclic) bond motifs is 2. The second kappa shape index (κ2) is 7.81. The fraction of sp³-hybridized carbons (Fsp3) is 0.269. The summed E-state index contributed by atoms with van der Waals surface area (Å²) in [6, 6.07) is 21.4.